The molecule has 1 heterocycles. The lowest BCUT2D eigenvalue weighted by Gasteiger charge is -2.14. The van der Waals surface area contributed by atoms with Gasteiger partial charge in [0.15, 0.2) is 5.69 Å². The number of halogens is 5. The van der Waals surface area contributed by atoms with Gasteiger partial charge in [-0.3, -0.25) is 0 Å². The first-order valence-corrected chi connectivity index (χ1v) is 9.98. The Labute approximate surface area is 190 Å². The van der Waals surface area contributed by atoms with Gasteiger partial charge < -0.3 is 20.8 Å². The van der Waals surface area contributed by atoms with E-state index in [0.717, 1.165) is 16.8 Å². The lowest BCUT2D eigenvalue weighted by atomic mass is 10.00. The summed E-state index contributed by atoms with van der Waals surface area (Å²) >= 11 is 5.92. The zero-order valence-electron chi connectivity index (χ0n) is 16.9. The maximum atomic E-state index is 14.2. The molecule has 3 aromatic rings. The van der Waals surface area contributed by atoms with Gasteiger partial charge in [0.2, 0.25) is 0 Å². The van der Waals surface area contributed by atoms with Gasteiger partial charge in [-0.2, -0.15) is 18.3 Å². The summed E-state index contributed by atoms with van der Waals surface area (Å²) in [6.07, 6.45) is -4.69. The average Bonchev–Trinajstić information content (AvgIpc) is 3.19. The van der Waals surface area contributed by atoms with Crippen LogP contribution in [-0.2, 0) is 12.7 Å². The molecule has 0 unspecified atom stereocenters. The third kappa shape index (κ3) is 6.01. The second-order valence-corrected chi connectivity index (χ2v) is 7.45. The van der Waals surface area contributed by atoms with Crippen LogP contribution in [-0.4, -0.2) is 39.2 Å². The van der Waals surface area contributed by atoms with E-state index in [1.165, 1.54) is 24.3 Å². The van der Waals surface area contributed by atoms with Crippen LogP contribution in [0.3, 0.4) is 0 Å². The Morgan fingerprint density at radius 1 is 1.12 bits per heavy atom. The molecule has 0 saturated carbocycles. The second-order valence-electron chi connectivity index (χ2n) is 7.02. The first kappa shape index (κ1) is 24.5. The van der Waals surface area contributed by atoms with Crippen molar-refractivity contribution < 1.29 is 32.6 Å². The quantitative estimate of drug-likeness (QED) is 0.378. The molecule has 2 amide bonds. The van der Waals surface area contributed by atoms with Gasteiger partial charge in [-0.1, -0.05) is 23.7 Å². The van der Waals surface area contributed by atoms with Crippen molar-refractivity contribution in [3.8, 4) is 5.69 Å². The molecule has 0 bridgehead atoms. The SMILES string of the molecule is O=C(NCc1cc(C(F)(F)F)nn1-c1cccc(Cl)c1)Nc1ccc(C(CO)CO)c(F)c1. The van der Waals surface area contributed by atoms with Gasteiger partial charge in [0.25, 0.3) is 0 Å². The highest BCUT2D eigenvalue weighted by molar-refractivity contribution is 6.30. The number of nitrogens with one attached hydrogen (secondary N) is 2. The van der Waals surface area contributed by atoms with E-state index in [4.69, 9.17) is 11.6 Å². The van der Waals surface area contributed by atoms with Crippen LogP contribution in [0.15, 0.2) is 48.5 Å². The van der Waals surface area contributed by atoms with Crippen molar-refractivity contribution in [3.05, 3.63) is 76.3 Å². The summed E-state index contributed by atoms with van der Waals surface area (Å²) in [5, 5.41) is 27.0. The van der Waals surface area contributed by atoms with Crippen LogP contribution in [0.4, 0.5) is 28.0 Å². The summed E-state index contributed by atoms with van der Waals surface area (Å²) in [5.74, 6) is -1.54. The number of aliphatic hydroxyl groups excluding tert-OH is 2. The van der Waals surface area contributed by atoms with E-state index in [9.17, 15) is 32.6 Å². The van der Waals surface area contributed by atoms with Crippen molar-refractivity contribution in [2.45, 2.75) is 18.6 Å². The minimum absolute atomic E-state index is 0.0370. The van der Waals surface area contributed by atoms with Gasteiger partial charge in [-0.15, -0.1) is 0 Å². The molecule has 2 aromatic carbocycles. The third-order valence-corrected chi connectivity index (χ3v) is 4.93. The zero-order chi connectivity index (χ0) is 24.2. The lowest BCUT2D eigenvalue weighted by molar-refractivity contribution is -0.141. The van der Waals surface area contributed by atoms with Crippen molar-refractivity contribution in [3.63, 3.8) is 0 Å². The van der Waals surface area contributed by atoms with Gasteiger partial charge in [0, 0.05) is 16.6 Å². The minimum atomic E-state index is -4.69. The number of carbonyl (C=O) groups excluding carboxylic acids is 1. The Balaban J connectivity index is 1.75. The topological polar surface area (TPSA) is 99.4 Å². The lowest BCUT2D eigenvalue weighted by Crippen LogP contribution is -2.29. The number of anilines is 1. The molecule has 1 aromatic heterocycles. The fourth-order valence-electron chi connectivity index (χ4n) is 3.05. The Morgan fingerprint density at radius 3 is 2.45 bits per heavy atom. The number of nitrogens with zero attached hydrogens (tertiary/aromatic N) is 2. The highest BCUT2D eigenvalue weighted by Gasteiger charge is 2.35. The van der Waals surface area contributed by atoms with Crippen molar-refractivity contribution in [1.82, 2.24) is 15.1 Å². The predicted octanol–water partition coefficient (Wildman–Crippen LogP) is 4.07. The number of rotatable bonds is 7. The van der Waals surface area contributed by atoms with Crippen LogP contribution in [0, 0.1) is 5.82 Å². The van der Waals surface area contributed by atoms with Crippen LogP contribution in [0.25, 0.3) is 5.69 Å². The molecule has 0 radical (unpaired) electrons. The normalized spacial score (nSPS) is 11.6. The molecular formula is C21H19ClF4N4O3. The second kappa shape index (κ2) is 10.2. The summed E-state index contributed by atoms with van der Waals surface area (Å²) < 4.78 is 54.8. The fraction of sp³-hybridized carbons (Fsp3) is 0.238. The zero-order valence-corrected chi connectivity index (χ0v) is 17.7. The Morgan fingerprint density at radius 2 is 1.85 bits per heavy atom. The average molecular weight is 487 g/mol. The molecule has 0 saturated heterocycles. The third-order valence-electron chi connectivity index (χ3n) is 4.70. The van der Waals surface area contributed by atoms with Crippen LogP contribution >= 0.6 is 11.6 Å². The van der Waals surface area contributed by atoms with E-state index >= 15 is 0 Å². The molecule has 7 nitrogen and oxygen atoms in total. The van der Waals surface area contributed by atoms with Gasteiger partial charge in [0.1, 0.15) is 5.82 Å². The van der Waals surface area contributed by atoms with Gasteiger partial charge in [-0.05, 0) is 42.0 Å². The first-order valence-electron chi connectivity index (χ1n) is 9.60. The number of urea groups is 1. The van der Waals surface area contributed by atoms with E-state index in [2.05, 4.69) is 15.7 Å². The van der Waals surface area contributed by atoms with Gasteiger partial charge in [0.05, 0.1) is 31.1 Å². The highest BCUT2D eigenvalue weighted by atomic mass is 35.5. The van der Waals surface area contributed by atoms with E-state index in [-0.39, 0.29) is 29.2 Å². The Hall–Kier alpha value is -3.15. The summed E-state index contributed by atoms with van der Waals surface area (Å²) in [6, 6.07) is 9.74. The molecule has 0 aliphatic carbocycles. The molecular weight excluding hydrogens is 468 g/mol. The van der Waals surface area contributed by atoms with E-state index in [1.807, 2.05) is 0 Å². The molecule has 33 heavy (non-hydrogen) atoms. The molecule has 3 rings (SSSR count). The van der Waals surface area contributed by atoms with Gasteiger partial charge >= 0.3 is 12.2 Å². The standard InChI is InChI=1S/C21H19ClF4N4O3/c22-13-2-1-3-15(6-13)30-16(8-19(29-30)21(24,25)26)9-27-20(33)28-14-4-5-17(18(23)7-14)12(10-31)11-32/h1-8,12,31-32H,9-11H2,(H2,27,28,33). The molecule has 0 atom stereocenters. The number of aliphatic hydroxyl groups is 2. The van der Waals surface area contributed by atoms with E-state index in [1.54, 1.807) is 12.1 Å². The molecule has 0 fully saturated rings. The van der Waals surface area contributed by atoms with Crippen LogP contribution in [0.1, 0.15) is 22.9 Å². The van der Waals surface area contributed by atoms with E-state index < -0.39 is 42.9 Å². The number of carbonyl (C=O) groups is 1. The maximum Gasteiger partial charge on any atom is 0.435 e. The Bertz CT molecular complexity index is 1130. The van der Waals surface area contributed by atoms with Crippen molar-refractivity contribution in [2.24, 2.45) is 0 Å². The van der Waals surface area contributed by atoms with Crippen LogP contribution in [0.2, 0.25) is 5.02 Å². The monoisotopic (exact) mass is 486 g/mol. The number of benzene rings is 2. The van der Waals surface area contributed by atoms with Gasteiger partial charge in [-0.25, -0.2) is 13.9 Å². The summed E-state index contributed by atoms with van der Waals surface area (Å²) in [5.41, 5.74) is -0.677. The molecule has 12 heteroatoms. The number of hydrogen-bond donors (Lipinski definition) is 4. The van der Waals surface area contributed by atoms with Crippen molar-refractivity contribution in [1.29, 1.82) is 0 Å². The van der Waals surface area contributed by atoms with Crippen molar-refractivity contribution >= 4 is 23.3 Å². The first-order chi connectivity index (χ1) is 15.6. The number of aromatic nitrogens is 2. The number of hydrogen-bond acceptors (Lipinski definition) is 4. The molecule has 176 valence electrons. The molecule has 0 aliphatic rings. The van der Waals surface area contributed by atoms with Crippen molar-refractivity contribution in [2.75, 3.05) is 18.5 Å². The maximum absolute atomic E-state index is 14.2. The van der Waals surface area contributed by atoms with Crippen LogP contribution < -0.4 is 10.6 Å². The molecule has 0 spiro atoms. The van der Waals surface area contributed by atoms with Crippen LogP contribution in [0.5, 0.6) is 0 Å². The summed E-state index contributed by atoms with van der Waals surface area (Å²) in [6.45, 7) is -1.24. The minimum Gasteiger partial charge on any atom is -0.396 e. The van der Waals surface area contributed by atoms with E-state index in [0.29, 0.717) is 5.02 Å². The summed E-state index contributed by atoms with van der Waals surface area (Å²) in [4.78, 5) is 12.2. The highest BCUT2D eigenvalue weighted by Crippen LogP contribution is 2.30. The Kier molecular flexibility index (Phi) is 7.57. The summed E-state index contributed by atoms with van der Waals surface area (Å²) in [7, 11) is 0. The smallest absolute Gasteiger partial charge is 0.396 e. The molecule has 0 aliphatic heterocycles. The number of alkyl halides is 3. The number of amides is 2. The fourth-order valence-corrected chi connectivity index (χ4v) is 3.24. The molecule has 4 N–H and O–H groups in total. The predicted molar refractivity (Wildman–Crippen MR) is 113 cm³/mol. The largest absolute Gasteiger partial charge is 0.435 e.